The van der Waals surface area contributed by atoms with Crippen LogP contribution in [-0.2, 0) is 9.59 Å². The van der Waals surface area contributed by atoms with Crippen LogP contribution in [-0.4, -0.2) is 29.6 Å². The molecule has 100 valence electrons. The van der Waals surface area contributed by atoms with Crippen LogP contribution in [0.1, 0.15) is 40.5 Å². The third-order valence-electron chi connectivity index (χ3n) is 3.45. The Hall–Kier alpha value is -1.10. The first-order chi connectivity index (χ1) is 7.84. The molecule has 0 saturated carbocycles. The van der Waals surface area contributed by atoms with Gasteiger partial charge in [-0.2, -0.15) is 0 Å². The molecule has 5 heteroatoms. The average Bonchev–Trinajstić information content (AvgIpc) is 2.28. The number of nitrogens with one attached hydrogen (secondary N) is 1. The fourth-order valence-corrected chi connectivity index (χ4v) is 1.76. The van der Waals surface area contributed by atoms with Crippen LogP contribution in [0.4, 0.5) is 0 Å². The second-order valence-electron chi connectivity index (χ2n) is 4.72. The van der Waals surface area contributed by atoms with E-state index in [0.29, 0.717) is 12.8 Å². The van der Waals surface area contributed by atoms with E-state index < -0.39 is 17.4 Å². The highest BCUT2D eigenvalue weighted by atomic mass is 16.4. The van der Waals surface area contributed by atoms with E-state index in [1.807, 2.05) is 13.8 Å². The van der Waals surface area contributed by atoms with Crippen molar-refractivity contribution in [3.63, 3.8) is 0 Å². The molecule has 0 heterocycles. The maximum atomic E-state index is 12.1. The van der Waals surface area contributed by atoms with Gasteiger partial charge in [0.15, 0.2) is 0 Å². The van der Waals surface area contributed by atoms with Gasteiger partial charge in [0.2, 0.25) is 5.91 Å². The molecular weight excluding hydrogens is 220 g/mol. The second kappa shape index (κ2) is 6.59. The zero-order valence-corrected chi connectivity index (χ0v) is 11.1. The molecule has 1 unspecified atom stereocenters. The predicted molar refractivity (Wildman–Crippen MR) is 66.5 cm³/mol. The van der Waals surface area contributed by atoms with Crippen LogP contribution in [0.2, 0.25) is 0 Å². The van der Waals surface area contributed by atoms with E-state index in [1.54, 1.807) is 13.8 Å². The zero-order chi connectivity index (χ0) is 13.6. The monoisotopic (exact) mass is 244 g/mol. The molecule has 1 atom stereocenters. The first-order valence-corrected chi connectivity index (χ1v) is 6.08. The predicted octanol–water partition coefficient (Wildman–Crippen LogP) is 0.977. The molecule has 0 saturated heterocycles. The molecule has 0 bridgehead atoms. The number of carbonyl (C=O) groups is 2. The number of amides is 1. The van der Waals surface area contributed by atoms with Crippen LogP contribution in [0.25, 0.3) is 0 Å². The van der Waals surface area contributed by atoms with Crippen LogP contribution >= 0.6 is 0 Å². The Labute approximate surface area is 103 Å². The molecule has 0 rings (SSSR count). The molecule has 1 amide bonds. The Kier molecular flexibility index (Phi) is 6.16. The summed E-state index contributed by atoms with van der Waals surface area (Å²) in [5.41, 5.74) is 5.00. The normalized spacial score (nSPS) is 13.5. The standard InChI is InChI=1S/C12H24N2O3/c1-5-12(6-2,7-13)11(17)14-9(8(3)4)10(15)16/h8-9H,5-7,13H2,1-4H3,(H,14,17)(H,15,16). The number of aliphatic carboxylic acids is 1. The smallest absolute Gasteiger partial charge is 0.326 e. The first kappa shape index (κ1) is 15.9. The SMILES string of the molecule is CCC(CC)(CN)C(=O)NC(C(=O)O)C(C)C. The van der Waals surface area contributed by atoms with Gasteiger partial charge in [-0.1, -0.05) is 27.7 Å². The van der Waals surface area contributed by atoms with Crippen molar-refractivity contribution in [3.8, 4) is 0 Å². The van der Waals surface area contributed by atoms with Gasteiger partial charge in [-0.25, -0.2) is 4.79 Å². The largest absolute Gasteiger partial charge is 0.480 e. The second-order valence-corrected chi connectivity index (χ2v) is 4.72. The Morgan fingerprint density at radius 2 is 1.76 bits per heavy atom. The van der Waals surface area contributed by atoms with Gasteiger partial charge >= 0.3 is 5.97 Å². The van der Waals surface area contributed by atoms with E-state index in [-0.39, 0.29) is 18.4 Å². The minimum atomic E-state index is -1.01. The summed E-state index contributed by atoms with van der Waals surface area (Å²) in [5.74, 6) is -1.42. The van der Waals surface area contributed by atoms with Crippen LogP contribution < -0.4 is 11.1 Å². The van der Waals surface area contributed by atoms with Crippen molar-refractivity contribution >= 4 is 11.9 Å². The van der Waals surface area contributed by atoms with Gasteiger partial charge < -0.3 is 16.2 Å². The fraction of sp³-hybridized carbons (Fsp3) is 0.833. The molecule has 0 aromatic heterocycles. The molecule has 17 heavy (non-hydrogen) atoms. The van der Waals surface area contributed by atoms with E-state index in [9.17, 15) is 9.59 Å². The van der Waals surface area contributed by atoms with Crippen molar-refractivity contribution < 1.29 is 14.7 Å². The van der Waals surface area contributed by atoms with E-state index in [4.69, 9.17) is 10.8 Å². The minimum Gasteiger partial charge on any atom is -0.480 e. The highest BCUT2D eigenvalue weighted by Gasteiger charge is 2.36. The molecule has 4 N–H and O–H groups in total. The third-order valence-corrected chi connectivity index (χ3v) is 3.45. The molecule has 0 aliphatic carbocycles. The number of carboxylic acid groups (broad SMARTS) is 1. The van der Waals surface area contributed by atoms with E-state index in [1.165, 1.54) is 0 Å². The Balaban J connectivity index is 4.86. The summed E-state index contributed by atoms with van der Waals surface area (Å²) >= 11 is 0. The summed E-state index contributed by atoms with van der Waals surface area (Å²) in [6.45, 7) is 7.54. The number of rotatable bonds is 7. The van der Waals surface area contributed by atoms with E-state index in [0.717, 1.165) is 0 Å². The van der Waals surface area contributed by atoms with Gasteiger partial charge in [0.1, 0.15) is 6.04 Å². The van der Waals surface area contributed by atoms with Crippen molar-refractivity contribution in [2.45, 2.75) is 46.6 Å². The van der Waals surface area contributed by atoms with Crippen LogP contribution in [0.15, 0.2) is 0 Å². The summed E-state index contributed by atoms with van der Waals surface area (Å²) in [5, 5.41) is 11.6. The number of nitrogens with two attached hydrogens (primary N) is 1. The summed E-state index contributed by atoms with van der Waals surface area (Å²) < 4.78 is 0. The van der Waals surface area contributed by atoms with Crippen molar-refractivity contribution in [2.75, 3.05) is 6.54 Å². The number of carboxylic acids is 1. The third kappa shape index (κ3) is 3.70. The van der Waals surface area contributed by atoms with E-state index in [2.05, 4.69) is 5.32 Å². The molecule has 0 aromatic rings. The molecule has 0 aromatic carbocycles. The summed E-state index contributed by atoms with van der Waals surface area (Å²) in [7, 11) is 0. The number of hydrogen-bond acceptors (Lipinski definition) is 3. The van der Waals surface area contributed by atoms with Crippen molar-refractivity contribution in [1.82, 2.24) is 5.32 Å². The van der Waals surface area contributed by atoms with Gasteiger partial charge in [-0.15, -0.1) is 0 Å². The lowest BCUT2D eigenvalue weighted by Gasteiger charge is -2.31. The van der Waals surface area contributed by atoms with Crippen molar-refractivity contribution in [3.05, 3.63) is 0 Å². The van der Waals surface area contributed by atoms with Gasteiger partial charge in [-0.05, 0) is 18.8 Å². The van der Waals surface area contributed by atoms with Crippen LogP contribution in [0, 0.1) is 11.3 Å². The maximum absolute atomic E-state index is 12.1. The number of hydrogen-bond donors (Lipinski definition) is 3. The lowest BCUT2D eigenvalue weighted by Crippen LogP contribution is -2.52. The van der Waals surface area contributed by atoms with Crippen molar-refractivity contribution in [1.29, 1.82) is 0 Å². The van der Waals surface area contributed by atoms with Gasteiger partial charge in [0.25, 0.3) is 0 Å². The topological polar surface area (TPSA) is 92.4 Å². The highest BCUT2D eigenvalue weighted by Crippen LogP contribution is 2.25. The first-order valence-electron chi connectivity index (χ1n) is 6.08. The van der Waals surface area contributed by atoms with Gasteiger partial charge in [-0.3, -0.25) is 4.79 Å². The Morgan fingerprint density at radius 1 is 1.29 bits per heavy atom. The minimum absolute atomic E-state index is 0.152. The van der Waals surface area contributed by atoms with Gasteiger partial charge in [0.05, 0.1) is 5.41 Å². The molecule has 0 fully saturated rings. The lowest BCUT2D eigenvalue weighted by atomic mass is 9.81. The average molecular weight is 244 g/mol. The lowest BCUT2D eigenvalue weighted by molar-refractivity contribution is -0.145. The van der Waals surface area contributed by atoms with Gasteiger partial charge in [0, 0.05) is 6.54 Å². The Morgan fingerprint density at radius 3 is 2.00 bits per heavy atom. The Bertz CT molecular complexity index is 265. The molecule has 5 nitrogen and oxygen atoms in total. The summed E-state index contributed by atoms with van der Waals surface area (Å²) in [6.07, 6.45) is 1.21. The van der Waals surface area contributed by atoms with E-state index >= 15 is 0 Å². The molecular formula is C12H24N2O3. The quantitative estimate of drug-likeness (QED) is 0.622. The molecule has 0 radical (unpaired) electrons. The zero-order valence-electron chi connectivity index (χ0n) is 11.1. The summed E-state index contributed by atoms with van der Waals surface area (Å²) in [4.78, 5) is 23.1. The molecule has 0 aliphatic heterocycles. The van der Waals surface area contributed by atoms with Crippen molar-refractivity contribution in [2.24, 2.45) is 17.1 Å². The summed E-state index contributed by atoms with van der Waals surface area (Å²) in [6, 6.07) is -0.855. The van der Waals surface area contributed by atoms with Crippen LogP contribution in [0.3, 0.4) is 0 Å². The molecule has 0 spiro atoms. The molecule has 0 aliphatic rings. The maximum Gasteiger partial charge on any atom is 0.326 e. The fourth-order valence-electron chi connectivity index (χ4n) is 1.76. The van der Waals surface area contributed by atoms with Crippen LogP contribution in [0.5, 0.6) is 0 Å². The highest BCUT2D eigenvalue weighted by molar-refractivity contribution is 5.87. The number of carbonyl (C=O) groups excluding carboxylic acids is 1.